The quantitative estimate of drug-likeness (QED) is 0.631. The third kappa shape index (κ3) is 4.72. The van der Waals surface area contributed by atoms with Gasteiger partial charge in [-0.25, -0.2) is 8.78 Å². The number of hydrogen-bond acceptors (Lipinski definition) is 3. The van der Waals surface area contributed by atoms with E-state index < -0.39 is 24.7 Å². The summed E-state index contributed by atoms with van der Waals surface area (Å²) in [5.74, 6) is -3.10. The molecule has 0 radical (unpaired) electrons. The van der Waals surface area contributed by atoms with Crippen LogP contribution in [0.15, 0.2) is 0 Å². The van der Waals surface area contributed by atoms with E-state index in [1.165, 1.54) is 0 Å². The predicted octanol–water partition coefficient (Wildman–Crippen LogP) is 1.29. The van der Waals surface area contributed by atoms with Gasteiger partial charge in [0.2, 0.25) is 0 Å². The smallest absolute Gasteiger partial charge is 0.282 e. The molecule has 0 unspecified atom stereocenters. The number of rotatable bonds is 5. The summed E-state index contributed by atoms with van der Waals surface area (Å²) < 4.78 is 25.4. The maximum atomic E-state index is 12.7. The summed E-state index contributed by atoms with van der Waals surface area (Å²) in [5, 5.41) is 21.1. The average molecular weight is 237 g/mol. The van der Waals surface area contributed by atoms with Gasteiger partial charge >= 0.3 is 0 Å². The lowest BCUT2D eigenvalue weighted by molar-refractivity contribution is -0.0534. The Bertz CT molecular complexity index is 204. The number of alkyl halides is 2. The molecule has 3 nitrogen and oxygen atoms in total. The highest BCUT2D eigenvalue weighted by atomic mass is 19.3. The van der Waals surface area contributed by atoms with Gasteiger partial charge in [-0.2, -0.15) is 0 Å². The summed E-state index contributed by atoms with van der Waals surface area (Å²) in [6.45, 7) is -1.55. The van der Waals surface area contributed by atoms with Gasteiger partial charge in [0.25, 0.3) is 5.92 Å². The van der Waals surface area contributed by atoms with Gasteiger partial charge in [0.1, 0.15) is 6.61 Å². The fourth-order valence-corrected chi connectivity index (χ4v) is 2.10. The lowest BCUT2D eigenvalue weighted by Gasteiger charge is -2.27. The van der Waals surface area contributed by atoms with Gasteiger partial charge in [-0.15, -0.1) is 0 Å². The molecule has 5 heteroatoms. The second-order valence-electron chi connectivity index (χ2n) is 4.76. The monoisotopic (exact) mass is 237 g/mol. The molecule has 16 heavy (non-hydrogen) atoms. The predicted molar refractivity (Wildman–Crippen MR) is 57.6 cm³/mol. The number of nitrogens with one attached hydrogen (secondary N) is 1. The van der Waals surface area contributed by atoms with Crippen LogP contribution >= 0.6 is 0 Å². The first kappa shape index (κ1) is 13.8. The molecule has 0 atom stereocenters. The van der Waals surface area contributed by atoms with Crippen molar-refractivity contribution in [1.82, 2.24) is 5.32 Å². The number of aliphatic hydroxyl groups excluding tert-OH is 1. The van der Waals surface area contributed by atoms with Crippen LogP contribution in [0.3, 0.4) is 0 Å². The second kappa shape index (κ2) is 5.89. The van der Waals surface area contributed by atoms with Gasteiger partial charge in [0, 0.05) is 6.54 Å². The van der Waals surface area contributed by atoms with Crippen molar-refractivity contribution in [1.29, 1.82) is 0 Å². The zero-order valence-corrected chi connectivity index (χ0v) is 9.51. The summed E-state index contributed by atoms with van der Waals surface area (Å²) in [5.41, 5.74) is -0.845. The van der Waals surface area contributed by atoms with Crippen LogP contribution in [0.4, 0.5) is 8.78 Å². The standard InChI is InChI=1S/C11H21F2NO2/c12-11(13,9-15)8-14-7-10(16)5-3-1-2-4-6-10/h14-16H,1-9H2. The molecule has 1 rings (SSSR count). The van der Waals surface area contributed by atoms with Crippen molar-refractivity contribution in [3.05, 3.63) is 0 Å². The van der Waals surface area contributed by atoms with Gasteiger partial charge in [0.15, 0.2) is 0 Å². The molecule has 3 N–H and O–H groups in total. The van der Waals surface area contributed by atoms with Crippen molar-refractivity contribution in [2.45, 2.75) is 50.0 Å². The first-order valence-corrected chi connectivity index (χ1v) is 5.89. The molecule has 1 aliphatic rings. The Morgan fingerprint density at radius 1 is 1.12 bits per heavy atom. The minimum absolute atomic E-state index is 0.183. The van der Waals surface area contributed by atoms with E-state index in [1.807, 2.05) is 0 Å². The molecule has 0 bridgehead atoms. The molecular weight excluding hydrogens is 216 g/mol. The summed E-state index contributed by atoms with van der Waals surface area (Å²) in [6.07, 6.45) is 5.46. The molecule has 0 heterocycles. The first-order valence-electron chi connectivity index (χ1n) is 5.89. The first-order chi connectivity index (χ1) is 7.47. The van der Waals surface area contributed by atoms with E-state index in [0.29, 0.717) is 12.8 Å². The molecule has 96 valence electrons. The van der Waals surface area contributed by atoms with Gasteiger partial charge in [0.05, 0.1) is 12.1 Å². The molecule has 0 aromatic carbocycles. The van der Waals surface area contributed by atoms with E-state index in [1.54, 1.807) is 0 Å². The van der Waals surface area contributed by atoms with Crippen molar-refractivity contribution in [2.24, 2.45) is 0 Å². The minimum atomic E-state index is -3.10. The van der Waals surface area contributed by atoms with E-state index in [2.05, 4.69) is 5.32 Å². The lowest BCUT2D eigenvalue weighted by atomic mass is 9.94. The average Bonchev–Trinajstić information content (AvgIpc) is 2.43. The van der Waals surface area contributed by atoms with Gasteiger partial charge < -0.3 is 15.5 Å². The largest absolute Gasteiger partial charge is 0.390 e. The summed E-state index contributed by atoms with van der Waals surface area (Å²) in [4.78, 5) is 0. The van der Waals surface area contributed by atoms with Crippen LogP contribution in [0.1, 0.15) is 38.5 Å². The highest BCUT2D eigenvalue weighted by molar-refractivity contribution is 4.84. The number of aliphatic hydroxyl groups is 2. The fourth-order valence-electron chi connectivity index (χ4n) is 2.10. The summed E-state index contributed by atoms with van der Waals surface area (Å²) >= 11 is 0. The third-order valence-electron chi connectivity index (χ3n) is 3.10. The Hall–Kier alpha value is -0.260. The van der Waals surface area contributed by atoms with Crippen molar-refractivity contribution < 1.29 is 19.0 Å². The maximum Gasteiger partial charge on any atom is 0.282 e. The second-order valence-corrected chi connectivity index (χ2v) is 4.76. The molecule has 0 aromatic rings. The highest BCUT2D eigenvalue weighted by Crippen LogP contribution is 2.26. The molecule has 0 spiro atoms. The molecule has 0 saturated heterocycles. The molecule has 0 aliphatic heterocycles. The zero-order chi connectivity index (χ0) is 12.1. The Balaban J connectivity index is 2.29. The SMILES string of the molecule is OCC(F)(F)CNCC1(O)CCCCCC1. The Labute approximate surface area is 94.9 Å². The van der Waals surface area contributed by atoms with E-state index in [-0.39, 0.29) is 6.54 Å². The lowest BCUT2D eigenvalue weighted by Crippen LogP contribution is -2.45. The molecule has 1 saturated carbocycles. The van der Waals surface area contributed by atoms with Crippen LogP contribution in [0.5, 0.6) is 0 Å². The van der Waals surface area contributed by atoms with E-state index in [4.69, 9.17) is 5.11 Å². The molecule has 1 aliphatic carbocycles. The molecule has 0 amide bonds. The van der Waals surface area contributed by atoms with Crippen LogP contribution in [0.25, 0.3) is 0 Å². The fraction of sp³-hybridized carbons (Fsp3) is 1.00. The van der Waals surface area contributed by atoms with Crippen molar-refractivity contribution >= 4 is 0 Å². The summed E-state index contributed by atoms with van der Waals surface area (Å²) in [7, 11) is 0. The normalized spacial score (nSPS) is 21.8. The van der Waals surface area contributed by atoms with Crippen LogP contribution in [0.2, 0.25) is 0 Å². The third-order valence-corrected chi connectivity index (χ3v) is 3.10. The highest BCUT2D eigenvalue weighted by Gasteiger charge is 2.31. The van der Waals surface area contributed by atoms with Crippen LogP contribution in [-0.4, -0.2) is 41.4 Å². The van der Waals surface area contributed by atoms with Gasteiger partial charge in [-0.1, -0.05) is 25.7 Å². The van der Waals surface area contributed by atoms with Crippen LogP contribution in [0, 0.1) is 0 Å². The van der Waals surface area contributed by atoms with Crippen LogP contribution in [-0.2, 0) is 0 Å². The minimum Gasteiger partial charge on any atom is -0.390 e. The van der Waals surface area contributed by atoms with Crippen molar-refractivity contribution in [3.63, 3.8) is 0 Å². The van der Waals surface area contributed by atoms with Gasteiger partial charge in [-0.3, -0.25) is 0 Å². The van der Waals surface area contributed by atoms with Crippen LogP contribution < -0.4 is 5.32 Å². The molecule has 0 aromatic heterocycles. The van der Waals surface area contributed by atoms with E-state index >= 15 is 0 Å². The number of halogens is 2. The Kier molecular flexibility index (Phi) is 5.08. The van der Waals surface area contributed by atoms with Crippen molar-refractivity contribution in [3.8, 4) is 0 Å². The maximum absolute atomic E-state index is 12.7. The molecular formula is C11H21F2NO2. The van der Waals surface area contributed by atoms with Gasteiger partial charge in [-0.05, 0) is 12.8 Å². The van der Waals surface area contributed by atoms with Crippen molar-refractivity contribution in [2.75, 3.05) is 19.7 Å². The Morgan fingerprint density at radius 3 is 2.19 bits per heavy atom. The number of hydrogen-bond donors (Lipinski definition) is 3. The molecule has 1 fully saturated rings. The zero-order valence-electron chi connectivity index (χ0n) is 9.51. The van der Waals surface area contributed by atoms with E-state index in [0.717, 1.165) is 25.7 Å². The van der Waals surface area contributed by atoms with E-state index in [9.17, 15) is 13.9 Å². The summed E-state index contributed by atoms with van der Waals surface area (Å²) in [6, 6.07) is 0. The topological polar surface area (TPSA) is 52.5 Å². The Morgan fingerprint density at radius 2 is 1.69 bits per heavy atom.